The largest absolute Gasteiger partial charge is 0.504 e. The predicted octanol–water partition coefficient (Wildman–Crippen LogP) is 10.9. The second-order valence-corrected chi connectivity index (χ2v) is 35.1. The summed E-state index contributed by atoms with van der Waals surface area (Å²) in [5.74, 6) is -7.42. The molecule has 26 nitrogen and oxygen atoms in total. The van der Waals surface area contributed by atoms with Crippen LogP contribution < -0.4 is 0 Å². The number of carbonyl (C=O) groups is 6. The first-order valence-corrected chi connectivity index (χ1v) is 40.3. The average molecular weight is 1540 g/mol. The van der Waals surface area contributed by atoms with Crippen molar-refractivity contribution in [3.8, 4) is 0 Å². The molecule has 4 aliphatic carbocycles. The zero-order chi connectivity index (χ0) is 80.3. The van der Waals surface area contributed by atoms with Crippen LogP contribution in [0.25, 0.3) is 0 Å². The minimum absolute atomic E-state index is 0.0453. The fourth-order valence-electron chi connectivity index (χ4n) is 19.7. The van der Waals surface area contributed by atoms with Gasteiger partial charge in [0.25, 0.3) is 0 Å². The van der Waals surface area contributed by atoms with Crippen molar-refractivity contribution in [3.63, 3.8) is 0 Å². The van der Waals surface area contributed by atoms with Gasteiger partial charge in [-0.2, -0.15) is 8.42 Å². The van der Waals surface area contributed by atoms with Crippen LogP contribution in [0, 0.1) is 51.2 Å². The van der Waals surface area contributed by atoms with Gasteiger partial charge in [0.15, 0.2) is 30.2 Å². The molecule has 6 N–H and O–H groups in total. The molecular weight excluding hydrogens is 1410 g/mol. The van der Waals surface area contributed by atoms with Crippen molar-refractivity contribution in [3.05, 3.63) is 47.6 Å². The number of aliphatic hydroxyl groups excluding tert-OH is 3. The van der Waals surface area contributed by atoms with Crippen molar-refractivity contribution in [2.45, 2.75) is 342 Å². The van der Waals surface area contributed by atoms with Crippen molar-refractivity contribution in [1.82, 2.24) is 4.90 Å². The van der Waals surface area contributed by atoms with Crippen molar-refractivity contribution in [2.24, 2.45) is 51.2 Å². The van der Waals surface area contributed by atoms with E-state index < -0.39 is 175 Å². The van der Waals surface area contributed by atoms with Gasteiger partial charge < -0.3 is 77.5 Å². The molecule has 107 heavy (non-hydrogen) atoms. The third-order valence-corrected chi connectivity index (χ3v) is 25.9. The highest BCUT2D eigenvalue weighted by Gasteiger charge is 2.89. The molecule has 4 saturated heterocycles. The number of carbonyl (C=O) groups excluding carboxylic acids is 6. The highest BCUT2D eigenvalue weighted by atomic mass is 32.3. The maximum absolute atomic E-state index is 14.3. The molecule has 1 aromatic rings. The Morgan fingerprint density at radius 2 is 1.38 bits per heavy atom. The number of Topliss-reactive ketones (excluding diaryl/α,β-unsaturated/α-hetero) is 2. The average Bonchev–Trinajstić information content (AvgIpc) is 1.44. The summed E-state index contributed by atoms with van der Waals surface area (Å²) in [5, 5.41) is 58.1. The number of fused-ring (bicyclic) bond motifs is 3. The number of furan rings is 1. The van der Waals surface area contributed by atoms with Gasteiger partial charge in [0.05, 0.1) is 89.7 Å². The molecule has 8 aliphatic rings. The normalized spacial score (nSPS) is 41.4. The number of unbranched alkanes of at least 4 members (excludes halogenated alkanes) is 9. The Labute approximate surface area is 634 Å². The van der Waals surface area contributed by atoms with E-state index in [0.717, 1.165) is 18.4 Å². The molecule has 0 bridgehead atoms. The van der Waals surface area contributed by atoms with Crippen LogP contribution in [0.3, 0.4) is 0 Å². The van der Waals surface area contributed by atoms with Gasteiger partial charge in [-0.15, -0.1) is 0 Å². The lowest BCUT2D eigenvalue weighted by Crippen LogP contribution is -2.70. The molecule has 0 aromatic carbocycles. The van der Waals surface area contributed by atoms with Crippen LogP contribution in [0.1, 0.15) is 245 Å². The zero-order valence-corrected chi connectivity index (χ0v) is 68.2. The van der Waals surface area contributed by atoms with Gasteiger partial charge >= 0.3 is 28.3 Å². The topological polar surface area (TPSA) is 370 Å². The first-order chi connectivity index (χ1) is 49.7. The maximum Gasteiger partial charge on any atom is 0.397 e. The minimum atomic E-state index is -4.23. The molecule has 1 spiro atoms. The van der Waals surface area contributed by atoms with Gasteiger partial charge in [0.2, 0.25) is 5.78 Å². The predicted molar refractivity (Wildman–Crippen MR) is 394 cm³/mol. The van der Waals surface area contributed by atoms with Crippen LogP contribution in [0.15, 0.2) is 46.5 Å². The van der Waals surface area contributed by atoms with Gasteiger partial charge in [0, 0.05) is 61.4 Å². The second-order valence-electron chi connectivity index (χ2n) is 34.0. The fourth-order valence-corrected chi connectivity index (χ4v) is 20.1. The van der Waals surface area contributed by atoms with E-state index in [1.165, 1.54) is 79.8 Å². The Hall–Kier alpha value is -4.59. The first kappa shape index (κ1) is 89.6. The van der Waals surface area contributed by atoms with Crippen molar-refractivity contribution >= 4 is 45.7 Å². The summed E-state index contributed by atoms with van der Waals surface area (Å²) < 4.78 is 94.5. The number of rotatable bonds is 23. The summed E-state index contributed by atoms with van der Waals surface area (Å²) in [5.41, 5.74) is -7.98. The number of allylic oxidation sites excluding steroid dienone is 4. The summed E-state index contributed by atoms with van der Waals surface area (Å²) in [6.45, 7) is 31.1. The van der Waals surface area contributed by atoms with E-state index in [1.54, 1.807) is 87.0 Å². The van der Waals surface area contributed by atoms with Gasteiger partial charge in [-0.25, -0.2) is 4.18 Å². The number of aliphatic hydroxyl groups is 5. The molecule has 27 heteroatoms. The molecule has 1 aromatic heterocycles. The Morgan fingerprint density at radius 3 is 1.93 bits per heavy atom. The molecular formula is C80H129NO25S. The van der Waals surface area contributed by atoms with E-state index in [0.29, 0.717) is 31.3 Å². The van der Waals surface area contributed by atoms with E-state index in [1.807, 2.05) is 45.8 Å². The summed E-state index contributed by atoms with van der Waals surface area (Å²) in [6, 6.07) is 1.63. The van der Waals surface area contributed by atoms with Gasteiger partial charge in [-0.05, 0) is 144 Å². The van der Waals surface area contributed by atoms with E-state index in [4.69, 9.17) is 51.6 Å². The molecule has 9 rings (SSSR count). The SMILES string of the molecule is CC(=O)OC1CC2(C)C(c3ccoc3)CC3OC32C2(C)C(=O)C(O)=C3C(C)(C)C(=O)C=CC3(C)C12.CCC(=O)OC1C(OC2C(C)C(OC3CC(C)(OC)C(O)C(C)O3)C(C)C(=O)OC(CC)C(C)(O)C(O)C(C)C(=O)C(C)CC2(C)O)OC(C)CC1N(C)C.CCCCCCCCCCCCOS(=O)(=O)O. The van der Waals surface area contributed by atoms with Crippen molar-refractivity contribution < 1.29 is 119 Å². The van der Waals surface area contributed by atoms with Gasteiger partial charge in [-0.1, -0.05) is 119 Å². The number of hydrogen-bond acceptors (Lipinski definition) is 25. The quantitative estimate of drug-likeness (QED) is 0.0195. The number of likely N-dealkylation sites (N-methyl/N-ethyl adjacent to an activating group) is 1. The van der Waals surface area contributed by atoms with Crippen LogP contribution in [-0.2, 0) is 86.0 Å². The fraction of sp³-hybridized carbons (Fsp3) is 0.825. The number of cyclic esters (lactones) is 1. The second kappa shape index (κ2) is 35.2. The number of ether oxygens (including phenoxy) is 9. The van der Waals surface area contributed by atoms with Crippen LogP contribution in [0.5, 0.6) is 0 Å². The molecule has 2 saturated carbocycles. The summed E-state index contributed by atoms with van der Waals surface area (Å²) in [4.78, 5) is 82.5. The van der Waals surface area contributed by atoms with E-state index in [-0.39, 0.29) is 68.0 Å². The first-order valence-electron chi connectivity index (χ1n) is 39.0. The molecule has 26 unspecified atom stereocenters. The molecule has 6 fully saturated rings. The molecule has 0 amide bonds. The Balaban J connectivity index is 0.000000258. The third-order valence-electron chi connectivity index (χ3n) is 25.5. The number of epoxide rings is 1. The lowest BCUT2D eigenvalue weighted by molar-refractivity contribution is -0.319. The van der Waals surface area contributed by atoms with Crippen LogP contribution >= 0.6 is 0 Å². The van der Waals surface area contributed by atoms with E-state index in [9.17, 15) is 62.7 Å². The van der Waals surface area contributed by atoms with Gasteiger partial charge in [-0.3, -0.25) is 33.3 Å². The number of esters is 3. The molecule has 610 valence electrons. The number of hydrogen-bond donors (Lipinski definition) is 6. The van der Waals surface area contributed by atoms with E-state index in [2.05, 4.69) is 18.0 Å². The number of ketones is 3. The van der Waals surface area contributed by atoms with E-state index >= 15 is 0 Å². The standard InChI is InChI=1S/C40H71NO14.C28H32O7.C12H26O4S/c1-15-27-40(11,48)33(44)22(5)30(43)20(3)18-38(9,47)35(55-37-32(53-28(42)16-2)26(41(12)13)17-21(4)50-37)23(6)31(24(7)36(46)52-27)54-29-19-39(10,49-14)34(45)25(8)51-29;1-14(29)34-17-12-26(5)16(15-8-10-33-13-15)11-19-28(26,35-19)27(6)21(17)25(4)9-7-18(30)24(2,3)22(25)20(31)23(27)32;1-2-3-4-5-6-7-8-9-10-11-12-16-17(13,14)15/h20-27,29,31-35,37,44-45,47-48H,15-19H2,1-14H3;7-10,13,16-17,19,21,31H,11-12H2,1-6H3;2-12H2,1H3,(H,13,14,15). The third kappa shape index (κ3) is 18.4. The summed E-state index contributed by atoms with van der Waals surface area (Å²) >= 11 is 0. The lowest BCUT2D eigenvalue weighted by Gasteiger charge is -2.64. The van der Waals surface area contributed by atoms with Crippen LogP contribution in [0.2, 0.25) is 0 Å². The zero-order valence-electron chi connectivity index (χ0n) is 67.4. The monoisotopic (exact) mass is 1540 g/mol. The summed E-state index contributed by atoms with van der Waals surface area (Å²) in [7, 11) is 0.973. The molecule has 26 atom stereocenters. The van der Waals surface area contributed by atoms with Crippen LogP contribution in [-0.4, -0.2) is 209 Å². The van der Waals surface area contributed by atoms with Crippen molar-refractivity contribution in [2.75, 3.05) is 27.8 Å². The molecule has 0 radical (unpaired) electrons. The molecule has 4 aliphatic heterocycles. The molecule has 5 heterocycles. The lowest BCUT2D eigenvalue weighted by atomic mass is 9.38. The number of methoxy groups -OCH3 is 1. The Kier molecular flexibility index (Phi) is 29.5. The number of nitrogens with zero attached hydrogens (tertiary/aromatic N) is 1. The van der Waals surface area contributed by atoms with Crippen molar-refractivity contribution in [1.29, 1.82) is 0 Å². The smallest absolute Gasteiger partial charge is 0.397 e. The minimum Gasteiger partial charge on any atom is -0.504 e. The Bertz CT molecular complexity index is 3410. The Morgan fingerprint density at radius 1 is 0.766 bits per heavy atom. The highest BCUT2D eigenvalue weighted by Crippen LogP contribution is 2.81. The maximum atomic E-state index is 14.3. The van der Waals surface area contributed by atoms with Crippen LogP contribution in [0.4, 0.5) is 0 Å². The van der Waals surface area contributed by atoms with Gasteiger partial charge in [0.1, 0.15) is 35.3 Å². The highest BCUT2D eigenvalue weighted by molar-refractivity contribution is 7.80. The summed E-state index contributed by atoms with van der Waals surface area (Å²) in [6.07, 6.45) is 9.34.